The van der Waals surface area contributed by atoms with Crippen LogP contribution in [0.2, 0.25) is 0 Å². The van der Waals surface area contributed by atoms with Crippen LogP contribution in [0.1, 0.15) is 52.7 Å². The molecule has 0 bridgehead atoms. The molecule has 1 N–H and O–H groups in total. The van der Waals surface area contributed by atoms with Crippen molar-refractivity contribution in [3.63, 3.8) is 0 Å². The number of hydrogen-bond donors (Lipinski definition) is 1. The first-order chi connectivity index (χ1) is 20.5. The summed E-state index contributed by atoms with van der Waals surface area (Å²) in [6.45, 7) is 3.49. The van der Waals surface area contributed by atoms with E-state index in [0.717, 1.165) is 67.6 Å². The minimum Gasteiger partial charge on any atom is -0.376 e. The summed E-state index contributed by atoms with van der Waals surface area (Å²) in [5.74, 6) is -0.489. The fourth-order valence-electron chi connectivity index (χ4n) is 5.87. The molecular weight excluding hydrogens is 583 g/mol. The number of hydroxylamine groups is 2. The van der Waals surface area contributed by atoms with Gasteiger partial charge in [0.05, 0.1) is 0 Å². The van der Waals surface area contributed by atoms with E-state index in [1.54, 1.807) is 6.07 Å². The van der Waals surface area contributed by atoms with E-state index in [1.807, 2.05) is 29.3 Å². The summed E-state index contributed by atoms with van der Waals surface area (Å²) >= 11 is 0. The van der Waals surface area contributed by atoms with Crippen LogP contribution >= 0.6 is 0 Å². The molecule has 0 aromatic heterocycles. The fourth-order valence-corrected chi connectivity index (χ4v) is 6.32. The van der Waals surface area contributed by atoms with Gasteiger partial charge in [-0.05, 0) is 85.2 Å². The summed E-state index contributed by atoms with van der Waals surface area (Å²) < 4.78 is 64.9. The third-order valence-electron chi connectivity index (χ3n) is 8.27. The van der Waals surface area contributed by atoms with Crippen LogP contribution in [0.15, 0.2) is 66.7 Å². The quantitative estimate of drug-likeness (QED) is 0.142. The molecule has 2 atom stereocenters. The van der Waals surface area contributed by atoms with E-state index in [0.29, 0.717) is 25.1 Å². The van der Waals surface area contributed by atoms with Crippen molar-refractivity contribution in [1.82, 2.24) is 15.3 Å². The van der Waals surface area contributed by atoms with Crippen LogP contribution in [-0.2, 0) is 33.6 Å². The van der Waals surface area contributed by atoms with Crippen LogP contribution in [0, 0.1) is 0 Å². The number of amides is 1. The van der Waals surface area contributed by atoms with Gasteiger partial charge < -0.3 is 9.50 Å². The molecule has 12 heteroatoms. The number of carbonyl (C=O) groups excluding carboxylic acids is 1. The third-order valence-corrected chi connectivity index (χ3v) is 9.25. The summed E-state index contributed by atoms with van der Waals surface area (Å²) in [7, 11) is -5.71. The molecule has 6 rings (SSSR count). The molecule has 43 heavy (non-hydrogen) atoms. The number of nitrogens with zero attached hydrogens (tertiary/aromatic N) is 2. The lowest BCUT2D eigenvalue weighted by Crippen LogP contribution is -2.32. The molecule has 3 aliphatic heterocycles. The van der Waals surface area contributed by atoms with E-state index < -0.39 is 15.6 Å². The summed E-state index contributed by atoms with van der Waals surface area (Å²) in [5.41, 5.74) is -0.125. The highest BCUT2D eigenvalue weighted by atomic mass is 32.2. The predicted molar refractivity (Wildman–Crippen MR) is 153 cm³/mol. The molecule has 8 nitrogen and oxygen atoms in total. The van der Waals surface area contributed by atoms with Gasteiger partial charge in [-0.15, -0.1) is 5.06 Å². The summed E-state index contributed by atoms with van der Waals surface area (Å²) in [6, 6.07) is 20.1. The number of fused-ring (bicyclic) bond motifs is 2. The van der Waals surface area contributed by atoms with Gasteiger partial charge in [-0.3, -0.25) is 14.5 Å². The number of alkyl halides is 3. The number of hydrogen-bond acceptors (Lipinski definition) is 7. The van der Waals surface area contributed by atoms with Gasteiger partial charge in [-0.2, -0.15) is 21.6 Å². The van der Waals surface area contributed by atoms with Gasteiger partial charge in [0, 0.05) is 37.3 Å². The second-order valence-corrected chi connectivity index (χ2v) is 12.7. The zero-order chi connectivity index (χ0) is 30.2. The molecule has 2 unspecified atom stereocenters. The van der Waals surface area contributed by atoms with Crippen LogP contribution in [0.5, 0.6) is 5.75 Å². The van der Waals surface area contributed by atoms with E-state index in [2.05, 4.69) is 38.7 Å². The van der Waals surface area contributed by atoms with Crippen LogP contribution in [-0.4, -0.2) is 56.0 Å². The third kappa shape index (κ3) is 6.28. The predicted octanol–water partition coefficient (Wildman–Crippen LogP) is 5.34. The molecule has 3 heterocycles. The molecule has 2 saturated heterocycles. The van der Waals surface area contributed by atoms with Crippen LogP contribution in [0.3, 0.4) is 0 Å². The van der Waals surface area contributed by atoms with E-state index in [-0.39, 0.29) is 17.4 Å². The molecule has 228 valence electrons. The first kappa shape index (κ1) is 29.6. The van der Waals surface area contributed by atoms with Gasteiger partial charge in [0.25, 0.3) is 5.91 Å². The maximum atomic E-state index is 12.7. The highest BCUT2D eigenvalue weighted by molar-refractivity contribution is 7.88. The van der Waals surface area contributed by atoms with E-state index in [4.69, 9.17) is 4.84 Å². The second-order valence-electron chi connectivity index (χ2n) is 11.1. The molecular formula is C31H32F3N3O5S. The zero-order valence-corrected chi connectivity index (χ0v) is 24.2. The SMILES string of the molecule is O=C(NCCCCN1CCc2ccc(OS(=O)(=O)C(F)(F)F)cc2C1)c1ccc(-c2ccc(C34CCCN3O4)cc2)cc1. The Morgan fingerprint density at radius 1 is 0.953 bits per heavy atom. The number of rotatable bonds is 10. The van der Waals surface area contributed by atoms with Gasteiger partial charge in [0.1, 0.15) is 5.75 Å². The monoisotopic (exact) mass is 615 g/mol. The van der Waals surface area contributed by atoms with E-state index in [1.165, 1.54) is 17.7 Å². The Morgan fingerprint density at radius 2 is 1.67 bits per heavy atom. The van der Waals surface area contributed by atoms with E-state index in [9.17, 15) is 26.4 Å². The molecule has 0 spiro atoms. The minimum absolute atomic E-state index is 0.138. The van der Waals surface area contributed by atoms with E-state index >= 15 is 0 Å². The molecule has 1 amide bonds. The number of unbranched alkanes of at least 4 members (excludes halogenated alkanes) is 1. The molecule has 0 radical (unpaired) electrons. The van der Waals surface area contributed by atoms with Gasteiger partial charge in [0.2, 0.25) is 0 Å². The smallest absolute Gasteiger partial charge is 0.376 e. The average Bonchev–Trinajstić information content (AvgIpc) is 3.55. The Bertz CT molecular complexity index is 1600. The maximum absolute atomic E-state index is 12.7. The number of nitrogens with one attached hydrogen (secondary N) is 1. The first-order valence-electron chi connectivity index (χ1n) is 14.3. The highest BCUT2D eigenvalue weighted by Crippen LogP contribution is 2.53. The van der Waals surface area contributed by atoms with Crippen LogP contribution in [0.4, 0.5) is 13.2 Å². The molecule has 0 aliphatic carbocycles. The Hall–Kier alpha value is -3.45. The second kappa shape index (κ2) is 11.6. The summed E-state index contributed by atoms with van der Waals surface area (Å²) in [4.78, 5) is 20.6. The Kier molecular flexibility index (Phi) is 7.97. The largest absolute Gasteiger partial charge is 0.534 e. The molecule has 3 aromatic carbocycles. The summed E-state index contributed by atoms with van der Waals surface area (Å²) in [5, 5.41) is 5.00. The number of benzene rings is 3. The van der Waals surface area contributed by atoms with Crippen molar-refractivity contribution in [1.29, 1.82) is 0 Å². The Morgan fingerprint density at radius 3 is 2.33 bits per heavy atom. The number of halogens is 3. The highest BCUT2D eigenvalue weighted by Gasteiger charge is 2.59. The number of carbonyl (C=O) groups is 1. The molecule has 3 aliphatic rings. The van der Waals surface area contributed by atoms with Gasteiger partial charge in [-0.1, -0.05) is 42.5 Å². The van der Waals surface area contributed by atoms with Crippen molar-refractivity contribution in [2.45, 2.75) is 49.9 Å². The van der Waals surface area contributed by atoms with Gasteiger partial charge >= 0.3 is 15.6 Å². The Balaban J connectivity index is 0.936. The maximum Gasteiger partial charge on any atom is 0.534 e. The average molecular weight is 616 g/mol. The van der Waals surface area contributed by atoms with Crippen molar-refractivity contribution < 1.29 is 35.4 Å². The van der Waals surface area contributed by atoms with Crippen LogP contribution in [0.25, 0.3) is 11.1 Å². The fraction of sp³-hybridized carbons (Fsp3) is 0.387. The van der Waals surface area contributed by atoms with Crippen molar-refractivity contribution in [3.05, 3.63) is 89.0 Å². The lowest BCUT2D eigenvalue weighted by Gasteiger charge is -2.29. The topological polar surface area (TPSA) is 91.3 Å². The molecule has 3 aromatic rings. The van der Waals surface area contributed by atoms with Gasteiger partial charge in [0.15, 0.2) is 5.72 Å². The first-order valence-corrected chi connectivity index (χ1v) is 15.8. The van der Waals surface area contributed by atoms with Gasteiger partial charge in [-0.25, -0.2) is 0 Å². The van der Waals surface area contributed by atoms with Crippen molar-refractivity contribution in [2.24, 2.45) is 0 Å². The van der Waals surface area contributed by atoms with Crippen molar-refractivity contribution in [3.8, 4) is 16.9 Å². The lowest BCUT2D eigenvalue weighted by atomic mass is 9.98. The molecule has 2 fully saturated rings. The van der Waals surface area contributed by atoms with Crippen LogP contribution < -0.4 is 9.50 Å². The summed E-state index contributed by atoms with van der Waals surface area (Å²) in [6.07, 6.45) is 4.44. The zero-order valence-electron chi connectivity index (χ0n) is 23.4. The van der Waals surface area contributed by atoms with Crippen molar-refractivity contribution in [2.75, 3.05) is 26.2 Å². The standard InChI is InChI=1S/C31H32F3N3O5S/c32-31(33,34)43(39,40)41-28-13-10-24-14-19-36(21-26(24)20-28)17-2-1-16-35-29(38)25-6-4-22(5-7-25)23-8-11-27(12-9-23)30-15-3-18-37(30)42-30/h4-13,20H,1-3,14-19,21H2,(H,35,38). The normalized spacial score (nSPS) is 21.6. The lowest BCUT2D eigenvalue weighted by molar-refractivity contribution is -0.0500. The Labute approximate surface area is 248 Å². The molecule has 0 saturated carbocycles. The van der Waals surface area contributed by atoms with Crippen molar-refractivity contribution >= 4 is 16.0 Å². The minimum atomic E-state index is -5.71.